The largest absolute Gasteiger partial charge is 0.480 e. The molecule has 0 fully saturated rings. The molecule has 3 aromatic rings. The molecule has 0 saturated heterocycles. The highest BCUT2D eigenvalue weighted by Crippen LogP contribution is 2.37. The van der Waals surface area contributed by atoms with Crippen molar-refractivity contribution >= 4 is 17.8 Å². The zero-order valence-corrected chi connectivity index (χ0v) is 29.6. The van der Waals surface area contributed by atoms with Crippen LogP contribution in [0, 0.1) is 5.92 Å². The van der Waals surface area contributed by atoms with Gasteiger partial charge in [0, 0.05) is 13.0 Å². The van der Waals surface area contributed by atoms with Crippen LogP contribution in [0.1, 0.15) is 109 Å². The number of benzene rings is 3. The summed E-state index contributed by atoms with van der Waals surface area (Å²) in [5.74, 6) is -2.05. The predicted molar refractivity (Wildman–Crippen MR) is 193 cm³/mol. The quantitative estimate of drug-likeness (QED) is 0.0941. The van der Waals surface area contributed by atoms with Gasteiger partial charge in [-0.25, -0.2) is 4.79 Å². The molecule has 0 aliphatic rings. The standard InChI is InChI=1S/C41H56N2O5/c1-6-7-8-9-10-11-21-28-38(45)43(30-32(2)31-48-40(3,4)5)36(39(46)47)29-37(44)42-41(33-22-15-12-16-23-33,34-24-17-13-18-25-34)35-26-19-14-20-27-35/h12-20,22-27,32,36H,6-11,21,28-31H2,1-5H3,(H,42,44)(H,46,47)/t32-,36+/m1/s1. The Balaban J connectivity index is 1.92. The first kappa shape index (κ1) is 38.5. The van der Waals surface area contributed by atoms with E-state index >= 15 is 0 Å². The summed E-state index contributed by atoms with van der Waals surface area (Å²) in [7, 11) is 0. The van der Waals surface area contributed by atoms with Gasteiger partial charge in [-0.1, -0.05) is 143 Å². The van der Waals surface area contributed by atoms with Gasteiger partial charge in [0.15, 0.2) is 0 Å². The Morgan fingerprint density at radius 3 is 1.65 bits per heavy atom. The monoisotopic (exact) mass is 656 g/mol. The second kappa shape index (κ2) is 19.1. The summed E-state index contributed by atoms with van der Waals surface area (Å²) in [5.41, 5.74) is 1.04. The van der Waals surface area contributed by atoms with Crippen LogP contribution in [0.2, 0.25) is 0 Å². The second-order valence-corrected chi connectivity index (χ2v) is 13.9. The minimum absolute atomic E-state index is 0.135. The van der Waals surface area contributed by atoms with E-state index in [4.69, 9.17) is 4.74 Å². The van der Waals surface area contributed by atoms with Gasteiger partial charge in [-0.2, -0.15) is 0 Å². The Morgan fingerprint density at radius 1 is 0.750 bits per heavy atom. The number of rotatable bonds is 20. The number of unbranched alkanes of at least 4 members (excludes halogenated alkanes) is 6. The zero-order valence-electron chi connectivity index (χ0n) is 29.6. The van der Waals surface area contributed by atoms with Crippen molar-refractivity contribution in [1.29, 1.82) is 0 Å². The molecule has 2 amide bonds. The van der Waals surface area contributed by atoms with Crippen LogP contribution in [0.5, 0.6) is 0 Å². The van der Waals surface area contributed by atoms with Crippen LogP contribution in [0.4, 0.5) is 0 Å². The van der Waals surface area contributed by atoms with Crippen molar-refractivity contribution in [1.82, 2.24) is 10.2 Å². The number of amides is 2. The number of ether oxygens (including phenoxy) is 1. The maximum absolute atomic E-state index is 14.2. The van der Waals surface area contributed by atoms with Gasteiger partial charge >= 0.3 is 5.97 Å². The lowest BCUT2D eigenvalue weighted by atomic mass is 9.77. The summed E-state index contributed by atoms with van der Waals surface area (Å²) in [4.78, 5) is 42.3. The number of hydrogen-bond acceptors (Lipinski definition) is 4. The zero-order chi connectivity index (χ0) is 35.0. The Bertz CT molecular complexity index is 1290. The number of nitrogens with one attached hydrogen (secondary N) is 1. The number of hydrogen-bond donors (Lipinski definition) is 2. The molecule has 0 radical (unpaired) electrons. The molecule has 0 aliphatic carbocycles. The fourth-order valence-electron chi connectivity index (χ4n) is 6.11. The van der Waals surface area contributed by atoms with Crippen molar-refractivity contribution < 1.29 is 24.2 Å². The third kappa shape index (κ3) is 11.6. The Morgan fingerprint density at radius 2 is 1.21 bits per heavy atom. The summed E-state index contributed by atoms with van der Waals surface area (Å²) >= 11 is 0. The average Bonchev–Trinajstić information content (AvgIpc) is 3.08. The molecule has 0 heterocycles. The van der Waals surface area contributed by atoms with E-state index < -0.39 is 23.5 Å². The van der Waals surface area contributed by atoms with E-state index in [2.05, 4.69) is 12.2 Å². The molecule has 0 bridgehead atoms. The number of nitrogens with zero attached hydrogens (tertiary/aromatic N) is 1. The van der Waals surface area contributed by atoms with Gasteiger partial charge in [0.2, 0.25) is 11.8 Å². The molecule has 0 aromatic heterocycles. The highest BCUT2D eigenvalue weighted by molar-refractivity contribution is 5.89. The van der Waals surface area contributed by atoms with Crippen LogP contribution in [0.15, 0.2) is 91.0 Å². The van der Waals surface area contributed by atoms with Gasteiger partial charge in [-0.15, -0.1) is 0 Å². The lowest BCUT2D eigenvalue weighted by Gasteiger charge is -2.38. The highest BCUT2D eigenvalue weighted by Gasteiger charge is 2.40. The fourth-order valence-corrected chi connectivity index (χ4v) is 6.11. The maximum Gasteiger partial charge on any atom is 0.326 e. The Labute approximate surface area is 288 Å². The minimum Gasteiger partial charge on any atom is -0.480 e. The molecule has 0 spiro atoms. The van der Waals surface area contributed by atoms with Gasteiger partial charge in [-0.05, 0) is 49.8 Å². The van der Waals surface area contributed by atoms with Crippen molar-refractivity contribution in [3.8, 4) is 0 Å². The van der Waals surface area contributed by atoms with E-state index in [9.17, 15) is 19.5 Å². The van der Waals surface area contributed by atoms with Crippen LogP contribution >= 0.6 is 0 Å². The summed E-state index contributed by atoms with van der Waals surface area (Å²) in [6.45, 7) is 10.6. The fraction of sp³-hybridized carbons (Fsp3) is 0.488. The molecule has 2 atom stereocenters. The molecule has 0 aliphatic heterocycles. The van der Waals surface area contributed by atoms with E-state index in [0.717, 1.165) is 36.0 Å². The number of carbonyl (C=O) groups is 3. The third-order valence-electron chi connectivity index (χ3n) is 8.61. The van der Waals surface area contributed by atoms with Crippen LogP contribution in [0.3, 0.4) is 0 Å². The first-order chi connectivity index (χ1) is 23.0. The van der Waals surface area contributed by atoms with Crippen LogP contribution in [0.25, 0.3) is 0 Å². The predicted octanol–water partition coefficient (Wildman–Crippen LogP) is 8.36. The molecule has 3 aromatic carbocycles. The van der Waals surface area contributed by atoms with Crippen LogP contribution < -0.4 is 5.32 Å². The minimum atomic E-state index is -1.33. The smallest absolute Gasteiger partial charge is 0.326 e. The van der Waals surface area contributed by atoms with Gasteiger partial charge < -0.3 is 20.1 Å². The lowest BCUT2D eigenvalue weighted by molar-refractivity contribution is -0.153. The molecule has 0 unspecified atom stereocenters. The van der Waals surface area contributed by atoms with Crippen LogP contribution in [-0.2, 0) is 24.7 Å². The number of aliphatic carboxylic acids is 1. The lowest BCUT2D eigenvalue weighted by Crippen LogP contribution is -2.53. The van der Waals surface area contributed by atoms with Crippen molar-refractivity contribution in [2.45, 2.75) is 110 Å². The van der Waals surface area contributed by atoms with Crippen molar-refractivity contribution in [2.24, 2.45) is 5.92 Å². The van der Waals surface area contributed by atoms with E-state index in [1.165, 1.54) is 24.2 Å². The summed E-state index contributed by atoms with van der Waals surface area (Å²) < 4.78 is 5.99. The van der Waals surface area contributed by atoms with Crippen molar-refractivity contribution in [2.75, 3.05) is 13.2 Å². The molecule has 2 N–H and O–H groups in total. The SMILES string of the molecule is CCCCCCCCCC(=O)N(C[C@@H](C)COC(C)(C)C)[C@@H](CC(=O)NC(c1ccccc1)(c1ccccc1)c1ccccc1)C(=O)O. The number of carbonyl (C=O) groups excluding carboxylic acids is 2. The van der Waals surface area contributed by atoms with Crippen molar-refractivity contribution in [3.63, 3.8) is 0 Å². The maximum atomic E-state index is 14.2. The molecule has 3 rings (SSSR count). The first-order valence-electron chi connectivity index (χ1n) is 17.6. The van der Waals surface area contributed by atoms with E-state index in [0.29, 0.717) is 13.0 Å². The Kier molecular flexibility index (Phi) is 15.3. The molecule has 7 heteroatoms. The molecule has 48 heavy (non-hydrogen) atoms. The molecule has 0 saturated carbocycles. The average molecular weight is 657 g/mol. The Hall–Kier alpha value is -3.97. The van der Waals surface area contributed by atoms with Crippen molar-refractivity contribution in [3.05, 3.63) is 108 Å². The summed E-state index contributed by atoms with van der Waals surface area (Å²) in [6.07, 6.45) is 7.22. The van der Waals surface area contributed by atoms with Gasteiger partial charge in [0.25, 0.3) is 0 Å². The second-order valence-electron chi connectivity index (χ2n) is 13.9. The van der Waals surface area contributed by atoms with Gasteiger partial charge in [-0.3, -0.25) is 9.59 Å². The topological polar surface area (TPSA) is 95.9 Å². The van der Waals surface area contributed by atoms with E-state index in [1.54, 1.807) is 0 Å². The van der Waals surface area contributed by atoms with Gasteiger partial charge in [0.1, 0.15) is 11.6 Å². The number of carboxylic acids is 1. The first-order valence-corrected chi connectivity index (χ1v) is 17.6. The molecule has 260 valence electrons. The summed E-state index contributed by atoms with van der Waals surface area (Å²) in [6, 6.07) is 27.8. The molecular formula is C41H56N2O5. The van der Waals surface area contributed by atoms with E-state index in [1.807, 2.05) is 119 Å². The molecular weight excluding hydrogens is 600 g/mol. The number of carboxylic acid groups (broad SMARTS) is 1. The summed E-state index contributed by atoms with van der Waals surface area (Å²) in [5, 5.41) is 13.8. The van der Waals surface area contributed by atoms with Crippen LogP contribution in [-0.4, -0.2) is 52.6 Å². The highest BCUT2D eigenvalue weighted by atomic mass is 16.5. The normalized spacial score (nSPS) is 13.0. The molecule has 7 nitrogen and oxygen atoms in total. The van der Waals surface area contributed by atoms with E-state index in [-0.39, 0.29) is 36.8 Å². The van der Waals surface area contributed by atoms with Gasteiger partial charge in [0.05, 0.1) is 18.6 Å². The third-order valence-corrected chi connectivity index (χ3v) is 8.61.